The molecule has 0 spiro atoms. The van der Waals surface area contributed by atoms with Gasteiger partial charge in [0.25, 0.3) is 0 Å². The minimum absolute atomic E-state index is 0.153. The number of amides is 1. The monoisotopic (exact) mass is 682 g/mol. The second-order valence-electron chi connectivity index (χ2n) is 13.0. The molecule has 49 heavy (non-hydrogen) atoms. The lowest BCUT2D eigenvalue weighted by atomic mass is 9.96. The van der Waals surface area contributed by atoms with E-state index in [1.165, 1.54) is 81.5 Å². The Morgan fingerprint density at radius 1 is 0.857 bits per heavy atom. The molecular formula is C42H69N2O5+. The van der Waals surface area contributed by atoms with Gasteiger partial charge in [0.1, 0.15) is 24.3 Å². The second kappa shape index (κ2) is 29.5. The van der Waals surface area contributed by atoms with Crippen molar-refractivity contribution in [1.29, 1.82) is 0 Å². The zero-order valence-corrected chi connectivity index (χ0v) is 32.2. The molecule has 0 heterocycles. The summed E-state index contributed by atoms with van der Waals surface area (Å²) in [5.74, 6) is 2.10. The van der Waals surface area contributed by atoms with E-state index in [0.717, 1.165) is 60.8 Å². The highest BCUT2D eigenvalue weighted by atomic mass is 16.5. The van der Waals surface area contributed by atoms with Crippen LogP contribution in [-0.2, 0) is 27.4 Å². The van der Waals surface area contributed by atoms with Gasteiger partial charge in [-0.25, -0.2) is 0 Å². The molecule has 2 aromatic rings. The van der Waals surface area contributed by atoms with E-state index in [9.17, 15) is 4.79 Å². The van der Waals surface area contributed by atoms with Crippen LogP contribution in [0.4, 0.5) is 0 Å². The first-order chi connectivity index (χ1) is 23.7. The number of rotatable bonds is 19. The van der Waals surface area contributed by atoms with E-state index in [1.807, 2.05) is 31.2 Å². The summed E-state index contributed by atoms with van der Waals surface area (Å²) in [7, 11) is 7.41. The number of benzene rings is 2. The SMILES string of the molecule is CC=O.CCC1=CC(OC)=C(C)CC1.CCOc1ccc(CNC(=O)CCCCCCCCCC[N+](C)(C)Cc2ccccc2)cc1.CO. The molecule has 7 heteroatoms. The first-order valence-electron chi connectivity index (χ1n) is 18.3. The van der Waals surface area contributed by atoms with Gasteiger partial charge in [0.05, 0.1) is 34.4 Å². The van der Waals surface area contributed by atoms with Crippen molar-refractivity contribution in [1.82, 2.24) is 5.32 Å². The molecule has 0 saturated heterocycles. The summed E-state index contributed by atoms with van der Waals surface area (Å²) in [5.41, 5.74) is 5.42. The summed E-state index contributed by atoms with van der Waals surface area (Å²) in [6, 6.07) is 18.7. The van der Waals surface area contributed by atoms with Crippen LogP contribution in [0.5, 0.6) is 5.75 Å². The molecule has 0 atom stereocenters. The van der Waals surface area contributed by atoms with Crippen LogP contribution in [0.1, 0.15) is 116 Å². The van der Waals surface area contributed by atoms with Crippen LogP contribution < -0.4 is 10.1 Å². The van der Waals surface area contributed by atoms with Crippen LogP contribution in [0.2, 0.25) is 0 Å². The lowest BCUT2D eigenvalue weighted by Gasteiger charge is -2.30. The highest BCUT2D eigenvalue weighted by molar-refractivity contribution is 5.75. The smallest absolute Gasteiger partial charge is 0.220 e. The number of aliphatic hydroxyl groups is 1. The molecule has 0 saturated carbocycles. The number of methoxy groups -OCH3 is 1. The number of hydrogen-bond acceptors (Lipinski definition) is 5. The van der Waals surface area contributed by atoms with Gasteiger partial charge in [-0.15, -0.1) is 0 Å². The van der Waals surface area contributed by atoms with Crippen molar-refractivity contribution < 1.29 is 28.7 Å². The fraction of sp³-hybridized carbons (Fsp3) is 0.571. The average molecular weight is 682 g/mol. The summed E-state index contributed by atoms with van der Waals surface area (Å²) in [5, 5.41) is 10.0. The molecule has 1 aliphatic carbocycles. The van der Waals surface area contributed by atoms with Gasteiger partial charge >= 0.3 is 0 Å². The van der Waals surface area contributed by atoms with Crippen molar-refractivity contribution in [2.45, 2.75) is 118 Å². The van der Waals surface area contributed by atoms with Gasteiger partial charge in [0.15, 0.2) is 0 Å². The third kappa shape index (κ3) is 23.6. The summed E-state index contributed by atoms with van der Waals surface area (Å²) < 4.78 is 11.7. The van der Waals surface area contributed by atoms with Crippen LogP contribution in [0, 0.1) is 0 Å². The minimum Gasteiger partial charge on any atom is -0.497 e. The van der Waals surface area contributed by atoms with Crippen LogP contribution in [0.3, 0.4) is 0 Å². The predicted octanol–water partition coefficient (Wildman–Crippen LogP) is 9.34. The van der Waals surface area contributed by atoms with Crippen molar-refractivity contribution in [3.63, 3.8) is 0 Å². The van der Waals surface area contributed by atoms with E-state index in [0.29, 0.717) is 19.6 Å². The second-order valence-corrected chi connectivity index (χ2v) is 13.0. The highest BCUT2D eigenvalue weighted by Crippen LogP contribution is 2.25. The van der Waals surface area contributed by atoms with Crippen molar-refractivity contribution in [2.75, 3.05) is 41.5 Å². The van der Waals surface area contributed by atoms with Crippen LogP contribution in [0.25, 0.3) is 0 Å². The van der Waals surface area contributed by atoms with Gasteiger partial charge in [-0.05, 0) is 88.6 Å². The molecule has 0 radical (unpaired) electrons. The third-order valence-electron chi connectivity index (χ3n) is 8.35. The molecule has 276 valence electrons. The van der Waals surface area contributed by atoms with Crippen molar-refractivity contribution >= 4 is 12.2 Å². The number of quaternary nitrogens is 1. The number of nitrogens with zero attached hydrogens (tertiary/aromatic N) is 1. The first kappa shape index (κ1) is 45.6. The third-order valence-corrected chi connectivity index (χ3v) is 8.35. The number of carbonyl (C=O) groups excluding carboxylic acids is 2. The largest absolute Gasteiger partial charge is 0.497 e. The Kier molecular flexibility index (Phi) is 27.4. The fourth-order valence-electron chi connectivity index (χ4n) is 5.57. The predicted molar refractivity (Wildman–Crippen MR) is 205 cm³/mol. The molecule has 0 unspecified atom stereocenters. The summed E-state index contributed by atoms with van der Waals surface area (Å²) >= 11 is 0. The Morgan fingerprint density at radius 2 is 1.43 bits per heavy atom. The van der Waals surface area contributed by atoms with Gasteiger partial charge < -0.3 is 29.2 Å². The Balaban J connectivity index is 0.00000119. The molecule has 1 aliphatic rings. The fourth-order valence-corrected chi connectivity index (χ4v) is 5.57. The van der Waals surface area contributed by atoms with E-state index in [1.54, 1.807) is 7.11 Å². The summed E-state index contributed by atoms with van der Waals surface area (Å²) in [4.78, 5) is 20.9. The molecule has 0 bridgehead atoms. The van der Waals surface area contributed by atoms with Gasteiger partial charge in [-0.3, -0.25) is 4.79 Å². The molecule has 2 N–H and O–H groups in total. The number of nitrogens with one attached hydrogen (secondary N) is 1. The molecule has 1 amide bonds. The lowest BCUT2D eigenvalue weighted by Crippen LogP contribution is -2.39. The molecule has 3 rings (SSSR count). The number of unbranched alkanes of at least 4 members (excludes halogenated alkanes) is 7. The Labute approximate surface area is 299 Å². The number of carbonyl (C=O) groups is 2. The molecule has 2 aromatic carbocycles. The minimum atomic E-state index is 0.153. The molecule has 7 nitrogen and oxygen atoms in total. The lowest BCUT2D eigenvalue weighted by molar-refractivity contribution is -0.903. The first-order valence-corrected chi connectivity index (χ1v) is 18.3. The maximum atomic E-state index is 12.1. The number of hydrogen-bond donors (Lipinski definition) is 2. The van der Waals surface area contributed by atoms with E-state index in [2.05, 4.69) is 69.7 Å². The standard InChI is InChI=1S/C29H44N2O2.C10H16O.C2H4O.CH4O/c1-4-33-28-21-19-26(20-22-28)24-30-29(32)18-14-9-7-5-6-8-10-15-23-31(2,3)25-27-16-12-11-13-17-27;1-4-9-6-5-8(2)10(7-9)11-3;1-2-3;1-2/h11-13,16-17,19-22H,4-10,14-15,18,23-25H2,1-3H3;7H,4-6H2,1-3H3;2H,1H3;2H,1H3/p+1. The molecule has 0 aromatic heterocycles. The topological polar surface area (TPSA) is 84.9 Å². The van der Waals surface area contributed by atoms with Crippen LogP contribution in [-0.4, -0.2) is 63.2 Å². The van der Waals surface area contributed by atoms with Crippen LogP contribution in [0.15, 0.2) is 77.6 Å². The van der Waals surface area contributed by atoms with Gasteiger partial charge in [0.2, 0.25) is 5.91 Å². The molecule has 0 aliphatic heterocycles. The molecular weight excluding hydrogens is 612 g/mol. The van der Waals surface area contributed by atoms with Crippen molar-refractivity contribution in [3.8, 4) is 5.75 Å². The maximum Gasteiger partial charge on any atom is 0.220 e. The Morgan fingerprint density at radius 3 is 1.98 bits per heavy atom. The van der Waals surface area contributed by atoms with E-state index in [4.69, 9.17) is 19.4 Å². The van der Waals surface area contributed by atoms with E-state index >= 15 is 0 Å². The van der Waals surface area contributed by atoms with Crippen molar-refractivity contribution in [2.24, 2.45) is 0 Å². The Hall–Kier alpha value is -3.42. The van der Waals surface area contributed by atoms with Gasteiger partial charge in [-0.2, -0.15) is 0 Å². The van der Waals surface area contributed by atoms with Crippen LogP contribution >= 0.6 is 0 Å². The zero-order chi connectivity index (χ0) is 36.8. The Bertz CT molecular complexity index is 1170. The normalized spacial score (nSPS) is 12.1. The maximum absolute atomic E-state index is 12.1. The van der Waals surface area contributed by atoms with Crippen molar-refractivity contribution in [3.05, 3.63) is 88.7 Å². The van der Waals surface area contributed by atoms with Gasteiger partial charge in [0, 0.05) is 25.6 Å². The van der Waals surface area contributed by atoms with E-state index < -0.39 is 0 Å². The number of aliphatic hydroxyl groups excluding tert-OH is 1. The quantitative estimate of drug-likeness (QED) is 0.0877. The summed E-state index contributed by atoms with van der Waals surface area (Å²) in [6.45, 7) is 11.4. The number of ether oxygens (including phenoxy) is 2. The highest BCUT2D eigenvalue weighted by Gasteiger charge is 2.15. The molecule has 0 fully saturated rings. The average Bonchev–Trinajstić information content (AvgIpc) is 3.11. The summed E-state index contributed by atoms with van der Waals surface area (Å²) in [6.07, 6.45) is 17.0. The van der Waals surface area contributed by atoms with Gasteiger partial charge in [-0.1, -0.05) is 87.1 Å². The zero-order valence-electron chi connectivity index (χ0n) is 32.2. The number of allylic oxidation sites excluding steroid dienone is 3. The van der Waals surface area contributed by atoms with E-state index in [-0.39, 0.29) is 5.91 Å². The number of aldehydes is 1.